The molecule has 1 N–H and O–H groups in total. The minimum absolute atomic E-state index is 0.0116. The van der Waals surface area contributed by atoms with Crippen LogP contribution in [-0.4, -0.2) is 41.6 Å². The molecule has 0 unspecified atom stereocenters. The smallest absolute Gasteiger partial charge is 0.416 e. The third-order valence-electron chi connectivity index (χ3n) is 7.75. The van der Waals surface area contributed by atoms with Crippen molar-refractivity contribution in [2.24, 2.45) is 5.92 Å². The highest BCUT2D eigenvalue weighted by Crippen LogP contribution is 2.44. The maximum Gasteiger partial charge on any atom is 0.416 e. The number of nitrogens with zero attached hydrogens (tertiary/aromatic N) is 1. The van der Waals surface area contributed by atoms with Gasteiger partial charge < -0.3 is 14.7 Å². The lowest BCUT2D eigenvalue weighted by Crippen LogP contribution is -2.42. The fraction of sp³-hybridized carbons (Fsp3) is 0.355. The number of carbonyl (C=O) groups is 2. The number of phenols is 1. The van der Waals surface area contributed by atoms with E-state index < -0.39 is 23.6 Å². The number of amides is 1. The molecule has 5 nitrogen and oxygen atoms in total. The molecule has 1 aliphatic heterocycles. The van der Waals surface area contributed by atoms with E-state index in [4.69, 9.17) is 4.74 Å². The number of carbonyl (C=O) groups excluding carboxylic acids is 2. The van der Waals surface area contributed by atoms with Crippen molar-refractivity contribution in [2.45, 2.75) is 44.2 Å². The highest BCUT2D eigenvalue weighted by molar-refractivity contribution is 5.82. The summed E-state index contributed by atoms with van der Waals surface area (Å²) >= 11 is 0. The maximum atomic E-state index is 13.0. The van der Waals surface area contributed by atoms with Crippen LogP contribution in [0.1, 0.15) is 53.9 Å². The summed E-state index contributed by atoms with van der Waals surface area (Å²) < 4.78 is 44.2. The Balaban J connectivity index is 1.13. The predicted molar refractivity (Wildman–Crippen MR) is 140 cm³/mol. The van der Waals surface area contributed by atoms with Gasteiger partial charge in [-0.25, -0.2) is 4.79 Å². The average Bonchev–Trinajstić information content (AvgIpc) is 3.25. The van der Waals surface area contributed by atoms with Gasteiger partial charge >= 0.3 is 12.3 Å². The summed E-state index contributed by atoms with van der Waals surface area (Å²) in [6.07, 6.45) is -2.66. The van der Waals surface area contributed by atoms with E-state index in [9.17, 15) is 27.9 Å². The van der Waals surface area contributed by atoms with Crippen molar-refractivity contribution >= 4 is 11.9 Å². The molecule has 0 aromatic heterocycles. The highest BCUT2D eigenvalue weighted by Gasteiger charge is 2.33. The number of rotatable bonds is 7. The third-order valence-corrected chi connectivity index (χ3v) is 7.75. The Morgan fingerprint density at radius 1 is 0.974 bits per heavy atom. The summed E-state index contributed by atoms with van der Waals surface area (Å²) in [7, 11) is 0. The lowest BCUT2D eigenvalue weighted by Gasteiger charge is -2.31. The van der Waals surface area contributed by atoms with E-state index in [1.54, 1.807) is 4.90 Å². The SMILES string of the molecule is O=C(CCCc1ccc(C(F)(F)F)cc1O)[C@@H]1CCCN(C(=O)OCC2c3ccccc3-c3ccccc32)C1. The minimum Gasteiger partial charge on any atom is -0.508 e. The summed E-state index contributed by atoms with van der Waals surface area (Å²) in [6.45, 7) is 1.04. The molecule has 1 amide bonds. The minimum atomic E-state index is -4.52. The lowest BCUT2D eigenvalue weighted by atomic mass is 9.91. The number of aromatic hydroxyl groups is 1. The topological polar surface area (TPSA) is 66.8 Å². The Morgan fingerprint density at radius 3 is 2.28 bits per heavy atom. The second-order valence-electron chi connectivity index (χ2n) is 10.3. The first-order valence-electron chi connectivity index (χ1n) is 13.2. The largest absolute Gasteiger partial charge is 0.508 e. The number of Topliss-reactive ketones (excluding diaryl/α,β-unsaturated/α-hetero) is 1. The van der Waals surface area contributed by atoms with E-state index in [2.05, 4.69) is 24.3 Å². The van der Waals surface area contributed by atoms with Gasteiger partial charge in [0.25, 0.3) is 0 Å². The van der Waals surface area contributed by atoms with Gasteiger partial charge in [-0.15, -0.1) is 0 Å². The first-order valence-corrected chi connectivity index (χ1v) is 13.2. The number of likely N-dealkylation sites (tertiary alicyclic amines) is 1. The number of halogens is 3. The van der Waals surface area contributed by atoms with E-state index in [1.807, 2.05) is 24.3 Å². The van der Waals surface area contributed by atoms with Crippen LogP contribution in [0.4, 0.5) is 18.0 Å². The summed E-state index contributed by atoms with van der Waals surface area (Å²) in [4.78, 5) is 27.4. The average molecular weight is 538 g/mol. The number of benzene rings is 3. The van der Waals surface area contributed by atoms with Crippen molar-refractivity contribution in [3.63, 3.8) is 0 Å². The molecule has 3 aromatic carbocycles. The van der Waals surface area contributed by atoms with Crippen LogP contribution in [-0.2, 0) is 22.1 Å². The van der Waals surface area contributed by atoms with Crippen LogP contribution in [0, 0.1) is 5.92 Å². The number of hydrogen-bond acceptors (Lipinski definition) is 4. The summed E-state index contributed by atoms with van der Waals surface area (Å²) in [5.41, 5.74) is 4.05. The molecule has 1 aliphatic carbocycles. The molecule has 1 saturated heterocycles. The summed E-state index contributed by atoms with van der Waals surface area (Å²) in [6, 6.07) is 19.2. The van der Waals surface area contributed by atoms with Crippen LogP contribution in [0.15, 0.2) is 66.7 Å². The van der Waals surface area contributed by atoms with Crippen molar-refractivity contribution in [2.75, 3.05) is 19.7 Å². The normalized spacial score (nSPS) is 17.0. The summed E-state index contributed by atoms with van der Waals surface area (Å²) in [5.74, 6) is -0.750. The van der Waals surface area contributed by atoms with Crippen LogP contribution >= 0.6 is 0 Å². The number of ketones is 1. The molecule has 1 heterocycles. The Labute approximate surface area is 225 Å². The van der Waals surface area contributed by atoms with Crippen molar-refractivity contribution in [3.05, 3.63) is 89.0 Å². The van der Waals surface area contributed by atoms with E-state index in [0.29, 0.717) is 50.4 Å². The molecular weight excluding hydrogens is 507 g/mol. The molecule has 0 radical (unpaired) electrons. The lowest BCUT2D eigenvalue weighted by molar-refractivity contribution is -0.137. The van der Waals surface area contributed by atoms with Crippen LogP contribution in [0.25, 0.3) is 11.1 Å². The molecule has 5 rings (SSSR count). The molecule has 1 atom stereocenters. The predicted octanol–water partition coefficient (Wildman–Crippen LogP) is 6.96. The summed E-state index contributed by atoms with van der Waals surface area (Å²) in [5, 5.41) is 9.96. The van der Waals surface area contributed by atoms with Gasteiger partial charge in [0.05, 0.1) is 5.56 Å². The molecule has 0 saturated carbocycles. The first kappa shape index (κ1) is 26.8. The zero-order valence-corrected chi connectivity index (χ0v) is 21.4. The maximum absolute atomic E-state index is 13.0. The number of hydrogen-bond donors (Lipinski definition) is 1. The standard InChI is InChI=1S/C31H30F3NO4/c32-31(33,34)22-15-14-20(29(37)17-22)7-5-13-28(36)21-8-6-16-35(18-21)30(38)39-19-27-25-11-3-1-9-23(25)24-10-2-4-12-26(24)27/h1-4,9-12,14-15,17,21,27,37H,5-8,13,16,18-19H2/t21-/m1/s1. The van der Waals surface area contributed by atoms with Crippen LogP contribution < -0.4 is 0 Å². The van der Waals surface area contributed by atoms with Crippen LogP contribution in [0.2, 0.25) is 0 Å². The van der Waals surface area contributed by atoms with Crippen molar-refractivity contribution in [1.82, 2.24) is 4.90 Å². The third kappa shape index (κ3) is 5.79. The zero-order chi connectivity index (χ0) is 27.6. The Bertz CT molecular complexity index is 1320. The van der Waals surface area contributed by atoms with E-state index in [-0.39, 0.29) is 30.6 Å². The molecule has 1 fully saturated rings. The second kappa shape index (κ2) is 11.1. The molecular formula is C31H30F3NO4. The zero-order valence-electron chi connectivity index (χ0n) is 21.4. The molecule has 8 heteroatoms. The van der Waals surface area contributed by atoms with Crippen molar-refractivity contribution in [1.29, 1.82) is 0 Å². The molecule has 3 aromatic rings. The van der Waals surface area contributed by atoms with E-state index >= 15 is 0 Å². The molecule has 0 bridgehead atoms. The van der Waals surface area contributed by atoms with Crippen molar-refractivity contribution < 1.29 is 32.6 Å². The number of phenolic OH excluding ortho intramolecular Hbond substituents is 1. The van der Waals surface area contributed by atoms with Gasteiger partial charge in [-0.05, 0) is 65.6 Å². The Morgan fingerprint density at radius 2 is 1.64 bits per heavy atom. The molecule has 39 heavy (non-hydrogen) atoms. The van der Waals surface area contributed by atoms with Gasteiger partial charge in [0.15, 0.2) is 0 Å². The van der Waals surface area contributed by atoms with Gasteiger partial charge in [-0.3, -0.25) is 4.79 Å². The number of aryl methyl sites for hydroxylation is 1. The molecule has 2 aliphatic rings. The van der Waals surface area contributed by atoms with Crippen molar-refractivity contribution in [3.8, 4) is 16.9 Å². The number of fused-ring (bicyclic) bond motifs is 3. The van der Waals surface area contributed by atoms with E-state index in [0.717, 1.165) is 28.3 Å². The number of ether oxygens (including phenoxy) is 1. The second-order valence-corrected chi connectivity index (χ2v) is 10.3. The molecule has 0 spiro atoms. The Kier molecular flexibility index (Phi) is 7.64. The number of piperidine rings is 1. The van der Waals surface area contributed by atoms with Crippen LogP contribution in [0.3, 0.4) is 0 Å². The first-order chi connectivity index (χ1) is 18.7. The van der Waals surface area contributed by atoms with Gasteiger partial charge in [0.1, 0.15) is 18.1 Å². The fourth-order valence-corrected chi connectivity index (χ4v) is 5.70. The number of alkyl halides is 3. The monoisotopic (exact) mass is 537 g/mol. The highest BCUT2D eigenvalue weighted by atomic mass is 19.4. The van der Waals surface area contributed by atoms with E-state index in [1.165, 1.54) is 6.07 Å². The van der Waals surface area contributed by atoms with Gasteiger partial charge in [-0.1, -0.05) is 54.6 Å². The Hall–Kier alpha value is -3.81. The van der Waals surface area contributed by atoms with Gasteiger partial charge in [0.2, 0.25) is 0 Å². The molecule has 204 valence electrons. The quantitative estimate of drug-likeness (QED) is 0.354. The van der Waals surface area contributed by atoms with Gasteiger partial charge in [-0.2, -0.15) is 13.2 Å². The fourth-order valence-electron chi connectivity index (χ4n) is 5.70. The van der Waals surface area contributed by atoms with Gasteiger partial charge in [0, 0.05) is 31.3 Å². The van der Waals surface area contributed by atoms with Crippen LogP contribution in [0.5, 0.6) is 5.75 Å².